The van der Waals surface area contributed by atoms with E-state index in [-0.39, 0.29) is 0 Å². The fourth-order valence-corrected chi connectivity index (χ4v) is 1.48. The SMILES string of the molecule is COc1ccc(/C(=C\C=[N+](C)C)N(C)C)cc1. The minimum absolute atomic E-state index is 0.878. The largest absolute Gasteiger partial charge is 0.497 e. The molecule has 3 nitrogen and oxygen atoms in total. The van der Waals surface area contributed by atoms with Gasteiger partial charge < -0.3 is 9.64 Å². The summed E-state index contributed by atoms with van der Waals surface area (Å²) >= 11 is 0. The second-order valence-electron chi connectivity index (χ2n) is 4.29. The third-order valence-electron chi connectivity index (χ3n) is 2.40. The molecule has 0 aromatic heterocycles. The van der Waals surface area contributed by atoms with E-state index in [0.717, 1.165) is 5.75 Å². The molecule has 1 aromatic carbocycles. The van der Waals surface area contributed by atoms with Crippen LogP contribution in [0.2, 0.25) is 0 Å². The fraction of sp³-hybridized carbons (Fsp3) is 0.357. The molecule has 0 spiro atoms. The molecule has 0 aliphatic carbocycles. The van der Waals surface area contributed by atoms with Crippen molar-refractivity contribution in [1.29, 1.82) is 0 Å². The first-order chi connectivity index (χ1) is 8.04. The summed E-state index contributed by atoms with van der Waals surface area (Å²) in [6.45, 7) is 0. The van der Waals surface area contributed by atoms with E-state index in [0.29, 0.717) is 0 Å². The van der Waals surface area contributed by atoms with Gasteiger partial charge in [-0.25, -0.2) is 4.58 Å². The summed E-state index contributed by atoms with van der Waals surface area (Å²) in [4.78, 5) is 2.10. The molecule has 3 heteroatoms. The van der Waals surface area contributed by atoms with Crippen molar-refractivity contribution in [3.8, 4) is 5.75 Å². The Morgan fingerprint density at radius 3 is 2.18 bits per heavy atom. The number of hydrogen-bond acceptors (Lipinski definition) is 2. The maximum atomic E-state index is 5.16. The highest BCUT2D eigenvalue weighted by Crippen LogP contribution is 2.19. The average molecular weight is 233 g/mol. The Balaban J connectivity index is 3.06. The van der Waals surface area contributed by atoms with Crippen LogP contribution in [0.25, 0.3) is 5.70 Å². The monoisotopic (exact) mass is 233 g/mol. The van der Waals surface area contributed by atoms with Crippen LogP contribution >= 0.6 is 0 Å². The van der Waals surface area contributed by atoms with Crippen molar-refractivity contribution >= 4 is 11.9 Å². The van der Waals surface area contributed by atoms with Gasteiger partial charge in [-0.1, -0.05) is 0 Å². The fourth-order valence-electron chi connectivity index (χ4n) is 1.48. The van der Waals surface area contributed by atoms with E-state index in [9.17, 15) is 0 Å². The molecule has 1 rings (SSSR count). The molecule has 0 fully saturated rings. The van der Waals surface area contributed by atoms with Crippen LogP contribution in [-0.4, -0.2) is 51.0 Å². The van der Waals surface area contributed by atoms with E-state index in [1.165, 1.54) is 11.3 Å². The molecule has 17 heavy (non-hydrogen) atoms. The van der Waals surface area contributed by atoms with E-state index in [1.54, 1.807) is 7.11 Å². The van der Waals surface area contributed by atoms with E-state index < -0.39 is 0 Å². The molecule has 0 amide bonds. The Labute approximate surface area is 104 Å². The van der Waals surface area contributed by atoms with Gasteiger partial charge in [-0.2, -0.15) is 0 Å². The molecule has 1 aromatic rings. The molecule has 0 radical (unpaired) electrons. The average Bonchev–Trinajstić information content (AvgIpc) is 2.29. The van der Waals surface area contributed by atoms with Crippen molar-refractivity contribution < 1.29 is 9.31 Å². The number of benzene rings is 1. The van der Waals surface area contributed by atoms with Gasteiger partial charge in [0.1, 0.15) is 19.8 Å². The van der Waals surface area contributed by atoms with Gasteiger partial charge in [-0.05, 0) is 29.8 Å². The Kier molecular flexibility index (Phi) is 4.76. The quantitative estimate of drug-likeness (QED) is 0.583. The van der Waals surface area contributed by atoms with Crippen LogP contribution in [0.1, 0.15) is 5.56 Å². The molecule has 0 heterocycles. The number of rotatable bonds is 4. The van der Waals surface area contributed by atoms with Gasteiger partial charge in [0.25, 0.3) is 0 Å². The maximum Gasteiger partial charge on any atom is 0.164 e. The number of ether oxygens (including phenoxy) is 1. The number of allylic oxidation sites excluding steroid dienone is 1. The Bertz CT molecular complexity index is 412. The van der Waals surface area contributed by atoms with Gasteiger partial charge in [0.2, 0.25) is 0 Å². The second-order valence-corrected chi connectivity index (χ2v) is 4.29. The zero-order valence-electron chi connectivity index (χ0n) is 11.3. The lowest BCUT2D eigenvalue weighted by atomic mass is 10.1. The van der Waals surface area contributed by atoms with Crippen LogP contribution in [0.4, 0.5) is 0 Å². The molecule has 0 unspecified atom stereocenters. The van der Waals surface area contributed by atoms with E-state index in [1.807, 2.05) is 51.1 Å². The minimum Gasteiger partial charge on any atom is -0.497 e. The zero-order chi connectivity index (χ0) is 12.8. The molecule has 0 atom stereocenters. The van der Waals surface area contributed by atoms with Crippen LogP contribution in [-0.2, 0) is 0 Å². The van der Waals surface area contributed by atoms with Crippen LogP contribution in [0, 0.1) is 0 Å². The standard InChI is InChI=1S/C14H21N2O/c1-15(2)11-10-14(16(3)4)12-6-8-13(17-5)9-7-12/h6-11H,1-5H3/q+1. The molecule has 0 aliphatic heterocycles. The van der Waals surface area contributed by atoms with Gasteiger partial charge in [-0.15, -0.1) is 0 Å². The molecule has 0 N–H and O–H groups in total. The van der Waals surface area contributed by atoms with Gasteiger partial charge in [0.15, 0.2) is 6.21 Å². The summed E-state index contributed by atoms with van der Waals surface area (Å²) in [7, 11) is 9.78. The van der Waals surface area contributed by atoms with Gasteiger partial charge in [-0.3, -0.25) is 0 Å². The van der Waals surface area contributed by atoms with Crippen LogP contribution in [0.15, 0.2) is 30.3 Å². The molecule has 0 aliphatic rings. The van der Waals surface area contributed by atoms with E-state index >= 15 is 0 Å². The van der Waals surface area contributed by atoms with Crippen molar-refractivity contribution in [2.45, 2.75) is 0 Å². The predicted molar refractivity (Wildman–Crippen MR) is 72.8 cm³/mol. The summed E-state index contributed by atoms with van der Waals surface area (Å²) in [5.41, 5.74) is 2.34. The lowest BCUT2D eigenvalue weighted by Gasteiger charge is -2.16. The first-order valence-electron chi connectivity index (χ1n) is 5.58. The highest BCUT2D eigenvalue weighted by molar-refractivity contribution is 5.81. The van der Waals surface area contributed by atoms with Gasteiger partial charge >= 0.3 is 0 Å². The number of methoxy groups -OCH3 is 1. The van der Waals surface area contributed by atoms with Crippen molar-refractivity contribution in [3.63, 3.8) is 0 Å². The van der Waals surface area contributed by atoms with E-state index in [2.05, 4.69) is 23.1 Å². The topological polar surface area (TPSA) is 15.5 Å². The number of nitrogens with zero attached hydrogens (tertiary/aromatic N) is 2. The maximum absolute atomic E-state index is 5.16. The first-order valence-corrected chi connectivity index (χ1v) is 5.58. The Morgan fingerprint density at radius 1 is 1.18 bits per heavy atom. The van der Waals surface area contributed by atoms with Crippen molar-refractivity contribution in [2.24, 2.45) is 0 Å². The van der Waals surface area contributed by atoms with Crippen LogP contribution < -0.4 is 4.74 Å². The van der Waals surface area contributed by atoms with Crippen molar-refractivity contribution in [2.75, 3.05) is 35.3 Å². The second kappa shape index (κ2) is 6.09. The van der Waals surface area contributed by atoms with Crippen molar-refractivity contribution in [3.05, 3.63) is 35.9 Å². The van der Waals surface area contributed by atoms with Crippen LogP contribution in [0.3, 0.4) is 0 Å². The third-order valence-corrected chi connectivity index (χ3v) is 2.40. The zero-order valence-corrected chi connectivity index (χ0v) is 11.3. The first kappa shape index (κ1) is 13.3. The Hall–Kier alpha value is -1.77. The molecule has 92 valence electrons. The van der Waals surface area contributed by atoms with Crippen molar-refractivity contribution in [1.82, 2.24) is 4.90 Å². The summed E-state index contributed by atoms with van der Waals surface area (Å²) in [5.74, 6) is 0.878. The van der Waals surface area contributed by atoms with Gasteiger partial charge in [0, 0.05) is 25.9 Å². The third kappa shape index (κ3) is 3.94. The lowest BCUT2D eigenvalue weighted by Crippen LogP contribution is -2.11. The summed E-state index contributed by atoms with van der Waals surface area (Å²) in [6.07, 6.45) is 4.14. The summed E-state index contributed by atoms with van der Waals surface area (Å²) in [6, 6.07) is 8.08. The predicted octanol–water partition coefficient (Wildman–Crippen LogP) is 1.94. The minimum atomic E-state index is 0.878. The van der Waals surface area contributed by atoms with Crippen LogP contribution in [0.5, 0.6) is 5.75 Å². The Morgan fingerprint density at radius 2 is 1.76 bits per heavy atom. The summed E-state index contributed by atoms with van der Waals surface area (Å²) < 4.78 is 7.18. The van der Waals surface area contributed by atoms with E-state index in [4.69, 9.17) is 4.74 Å². The summed E-state index contributed by atoms with van der Waals surface area (Å²) in [5, 5.41) is 0. The molecule has 0 saturated heterocycles. The molecular formula is C14H21N2O+. The molecule has 0 saturated carbocycles. The molecule has 0 bridgehead atoms. The van der Waals surface area contributed by atoms with Gasteiger partial charge in [0.05, 0.1) is 7.11 Å². The molecular weight excluding hydrogens is 212 g/mol. The highest BCUT2D eigenvalue weighted by Gasteiger charge is 2.04. The normalized spacial score (nSPS) is 11.0. The lowest BCUT2D eigenvalue weighted by molar-refractivity contribution is -0.458. The number of hydrogen-bond donors (Lipinski definition) is 0. The smallest absolute Gasteiger partial charge is 0.164 e. The highest BCUT2D eigenvalue weighted by atomic mass is 16.5.